The van der Waals surface area contributed by atoms with Gasteiger partial charge in [-0.1, -0.05) is 31.4 Å². The van der Waals surface area contributed by atoms with Gasteiger partial charge >= 0.3 is 0 Å². The lowest BCUT2D eigenvalue weighted by molar-refractivity contribution is -0.00900. The molecule has 0 aromatic carbocycles. The van der Waals surface area contributed by atoms with Gasteiger partial charge in [0.05, 0.1) is 18.8 Å². The molecule has 19 heavy (non-hydrogen) atoms. The fourth-order valence-corrected chi connectivity index (χ4v) is 3.33. The molecule has 3 rings (SSSR count). The third-order valence-corrected chi connectivity index (χ3v) is 4.26. The van der Waals surface area contributed by atoms with Gasteiger partial charge in [-0.25, -0.2) is 9.97 Å². The van der Waals surface area contributed by atoms with E-state index in [2.05, 4.69) is 21.8 Å². The average Bonchev–Trinajstić information content (AvgIpc) is 2.46. The van der Waals surface area contributed by atoms with Crippen molar-refractivity contribution in [1.82, 2.24) is 9.97 Å². The number of ether oxygens (including phenoxy) is 1. The van der Waals surface area contributed by atoms with Crippen LogP contribution >= 0.6 is 11.6 Å². The van der Waals surface area contributed by atoms with Crippen LogP contribution < -0.4 is 4.90 Å². The lowest BCUT2D eigenvalue weighted by atomic mass is 9.90. The van der Waals surface area contributed by atoms with E-state index in [1.807, 2.05) is 6.07 Å². The largest absolute Gasteiger partial charge is 0.374 e. The molecule has 1 saturated heterocycles. The first kappa shape index (κ1) is 13.1. The summed E-state index contributed by atoms with van der Waals surface area (Å²) in [5.74, 6) is 1.79. The van der Waals surface area contributed by atoms with Crippen LogP contribution in [-0.4, -0.2) is 35.3 Å². The molecule has 2 unspecified atom stereocenters. The van der Waals surface area contributed by atoms with Crippen molar-refractivity contribution < 1.29 is 4.74 Å². The number of anilines is 1. The van der Waals surface area contributed by atoms with E-state index in [1.165, 1.54) is 25.7 Å². The first-order valence-corrected chi connectivity index (χ1v) is 7.57. The molecule has 0 amide bonds. The molecule has 1 aromatic rings. The van der Waals surface area contributed by atoms with Gasteiger partial charge in [-0.05, 0) is 12.8 Å². The number of hydrogen-bond donors (Lipinski definition) is 0. The van der Waals surface area contributed by atoms with Crippen molar-refractivity contribution in [3.05, 3.63) is 17.0 Å². The standard InChI is InChI=1S/C14H20ClN3O/c1-2-13-16-12(15)9-14(17-13)18-7-8-19-11-6-4-3-5-10(11)18/h9-11H,2-8H2,1H3. The Morgan fingerprint density at radius 3 is 3.05 bits per heavy atom. The summed E-state index contributed by atoms with van der Waals surface area (Å²) in [4.78, 5) is 11.3. The third kappa shape index (κ3) is 2.70. The smallest absolute Gasteiger partial charge is 0.134 e. The van der Waals surface area contributed by atoms with E-state index in [4.69, 9.17) is 16.3 Å². The van der Waals surface area contributed by atoms with E-state index in [-0.39, 0.29) is 0 Å². The summed E-state index contributed by atoms with van der Waals surface area (Å²) in [5.41, 5.74) is 0. The van der Waals surface area contributed by atoms with Gasteiger partial charge in [-0.2, -0.15) is 0 Å². The van der Waals surface area contributed by atoms with Crippen LogP contribution in [0.3, 0.4) is 0 Å². The van der Waals surface area contributed by atoms with Gasteiger partial charge in [0.1, 0.15) is 16.8 Å². The molecule has 4 nitrogen and oxygen atoms in total. The SMILES string of the molecule is CCc1nc(Cl)cc(N2CCOC3CCCCC32)n1. The van der Waals surface area contributed by atoms with E-state index in [0.29, 0.717) is 17.3 Å². The minimum Gasteiger partial charge on any atom is -0.374 e. The monoisotopic (exact) mass is 281 g/mol. The maximum Gasteiger partial charge on any atom is 0.134 e. The Morgan fingerprint density at radius 2 is 2.21 bits per heavy atom. The molecule has 5 heteroatoms. The Morgan fingerprint density at radius 1 is 1.37 bits per heavy atom. The molecule has 2 fully saturated rings. The quantitative estimate of drug-likeness (QED) is 0.782. The molecule has 1 aromatic heterocycles. The number of halogens is 1. The van der Waals surface area contributed by atoms with Crippen LogP contribution in [0.2, 0.25) is 5.15 Å². The molecular weight excluding hydrogens is 262 g/mol. The summed E-state index contributed by atoms with van der Waals surface area (Å²) in [5, 5.41) is 0.542. The Kier molecular flexibility index (Phi) is 3.89. The van der Waals surface area contributed by atoms with Crippen molar-refractivity contribution in [2.75, 3.05) is 18.1 Å². The zero-order chi connectivity index (χ0) is 13.2. The van der Waals surface area contributed by atoms with E-state index in [0.717, 1.165) is 31.2 Å². The summed E-state index contributed by atoms with van der Waals surface area (Å²) < 4.78 is 5.90. The highest BCUT2D eigenvalue weighted by molar-refractivity contribution is 6.29. The highest BCUT2D eigenvalue weighted by Gasteiger charge is 2.35. The normalized spacial score (nSPS) is 27.2. The van der Waals surface area contributed by atoms with Crippen LogP contribution in [0.5, 0.6) is 0 Å². The van der Waals surface area contributed by atoms with Crippen molar-refractivity contribution in [2.24, 2.45) is 0 Å². The fraction of sp³-hybridized carbons (Fsp3) is 0.714. The summed E-state index contributed by atoms with van der Waals surface area (Å²) in [6, 6.07) is 2.34. The Hall–Kier alpha value is -0.870. The molecule has 1 aliphatic carbocycles. The minimum absolute atomic E-state index is 0.362. The van der Waals surface area contributed by atoms with Crippen LogP contribution in [0.15, 0.2) is 6.07 Å². The van der Waals surface area contributed by atoms with Crippen LogP contribution in [-0.2, 0) is 11.2 Å². The topological polar surface area (TPSA) is 38.2 Å². The zero-order valence-corrected chi connectivity index (χ0v) is 12.1. The lowest BCUT2D eigenvalue weighted by Crippen LogP contribution is -2.53. The van der Waals surface area contributed by atoms with Gasteiger partial charge in [0, 0.05) is 19.0 Å². The average molecular weight is 282 g/mol. The zero-order valence-electron chi connectivity index (χ0n) is 11.3. The second kappa shape index (κ2) is 5.63. The predicted octanol–water partition coefficient (Wildman–Crippen LogP) is 2.84. The predicted molar refractivity (Wildman–Crippen MR) is 75.8 cm³/mol. The molecule has 0 N–H and O–H groups in total. The van der Waals surface area contributed by atoms with Crippen molar-refractivity contribution in [3.8, 4) is 0 Å². The maximum atomic E-state index is 6.11. The van der Waals surface area contributed by atoms with Gasteiger partial charge in [0.15, 0.2) is 0 Å². The molecular formula is C14H20ClN3O. The van der Waals surface area contributed by atoms with Gasteiger partial charge in [0.2, 0.25) is 0 Å². The molecule has 2 aliphatic rings. The van der Waals surface area contributed by atoms with Gasteiger partial charge in [-0.15, -0.1) is 0 Å². The minimum atomic E-state index is 0.362. The van der Waals surface area contributed by atoms with E-state index in [9.17, 15) is 0 Å². The van der Waals surface area contributed by atoms with Crippen LogP contribution in [0.1, 0.15) is 38.4 Å². The number of fused-ring (bicyclic) bond motifs is 1. The Bertz CT molecular complexity index is 452. The molecule has 2 atom stereocenters. The Balaban J connectivity index is 1.89. The lowest BCUT2D eigenvalue weighted by Gasteiger charge is -2.44. The molecule has 0 radical (unpaired) electrons. The van der Waals surface area contributed by atoms with E-state index < -0.39 is 0 Å². The van der Waals surface area contributed by atoms with Crippen molar-refractivity contribution >= 4 is 17.4 Å². The number of nitrogens with zero attached hydrogens (tertiary/aromatic N) is 3. The van der Waals surface area contributed by atoms with Crippen molar-refractivity contribution in [1.29, 1.82) is 0 Å². The Labute approximate surface area is 119 Å². The van der Waals surface area contributed by atoms with Crippen LogP contribution in [0.25, 0.3) is 0 Å². The summed E-state index contributed by atoms with van der Waals surface area (Å²) >= 11 is 6.11. The summed E-state index contributed by atoms with van der Waals surface area (Å²) in [6.07, 6.45) is 6.09. The van der Waals surface area contributed by atoms with E-state index in [1.54, 1.807) is 0 Å². The van der Waals surface area contributed by atoms with Gasteiger partial charge in [-0.3, -0.25) is 0 Å². The summed E-state index contributed by atoms with van der Waals surface area (Å²) in [7, 11) is 0. The van der Waals surface area contributed by atoms with E-state index >= 15 is 0 Å². The maximum absolute atomic E-state index is 6.11. The number of morpholine rings is 1. The highest BCUT2D eigenvalue weighted by atomic mass is 35.5. The second-order valence-electron chi connectivity index (χ2n) is 5.27. The van der Waals surface area contributed by atoms with Crippen molar-refractivity contribution in [2.45, 2.75) is 51.2 Å². The fourth-order valence-electron chi connectivity index (χ4n) is 3.14. The first-order valence-electron chi connectivity index (χ1n) is 7.19. The number of aryl methyl sites for hydroxylation is 1. The number of rotatable bonds is 2. The van der Waals surface area contributed by atoms with Crippen LogP contribution in [0.4, 0.5) is 5.82 Å². The summed E-state index contributed by atoms with van der Waals surface area (Å²) in [6.45, 7) is 3.74. The molecule has 0 spiro atoms. The number of hydrogen-bond acceptors (Lipinski definition) is 4. The van der Waals surface area contributed by atoms with Gasteiger partial charge in [0.25, 0.3) is 0 Å². The molecule has 2 heterocycles. The highest BCUT2D eigenvalue weighted by Crippen LogP contribution is 2.31. The number of aromatic nitrogens is 2. The molecule has 1 aliphatic heterocycles. The first-order chi connectivity index (χ1) is 9.28. The molecule has 104 valence electrons. The van der Waals surface area contributed by atoms with Gasteiger partial charge < -0.3 is 9.64 Å². The second-order valence-corrected chi connectivity index (χ2v) is 5.66. The third-order valence-electron chi connectivity index (χ3n) is 4.07. The van der Waals surface area contributed by atoms with Crippen molar-refractivity contribution in [3.63, 3.8) is 0 Å². The molecule has 0 bridgehead atoms. The van der Waals surface area contributed by atoms with Crippen LogP contribution in [0, 0.1) is 0 Å². The molecule has 1 saturated carbocycles.